The molecule has 1 aliphatic rings. The van der Waals surface area contributed by atoms with Gasteiger partial charge in [-0.05, 0) is 49.7 Å². The summed E-state index contributed by atoms with van der Waals surface area (Å²) in [6.07, 6.45) is 3.90. The Kier molecular flexibility index (Phi) is 8.72. The lowest BCUT2D eigenvalue weighted by Gasteiger charge is -2.36. The third kappa shape index (κ3) is 7.43. The number of aromatic nitrogens is 2. The minimum absolute atomic E-state index is 0.0363. The Balaban J connectivity index is 1.51. The highest BCUT2D eigenvalue weighted by Crippen LogP contribution is 2.37. The predicted octanol–water partition coefficient (Wildman–Crippen LogP) is 6.22. The molecule has 0 aliphatic carbocycles. The number of thiazole rings is 1. The number of pyridine rings is 1. The van der Waals surface area contributed by atoms with E-state index in [1.165, 1.54) is 17.5 Å². The molecule has 1 fully saturated rings. The number of anilines is 1. The number of likely N-dealkylation sites (tertiary alicyclic amines) is 1. The van der Waals surface area contributed by atoms with Crippen LogP contribution < -0.4 is 14.8 Å². The van der Waals surface area contributed by atoms with E-state index < -0.39 is 8.32 Å². The zero-order valence-corrected chi connectivity index (χ0v) is 25.1. The Morgan fingerprint density at radius 1 is 1.10 bits per heavy atom. The monoisotopic (exact) mass is 568 g/mol. The van der Waals surface area contributed by atoms with Gasteiger partial charge >= 0.3 is 0 Å². The molecule has 208 valence electrons. The van der Waals surface area contributed by atoms with Crippen molar-refractivity contribution in [3.63, 3.8) is 0 Å². The largest absolute Gasteiger partial charge is 0.488 e. The number of hydrogen-bond acceptors (Lipinski definition) is 8. The second-order valence-corrected chi connectivity index (χ2v) is 16.8. The fraction of sp³-hybridized carbons (Fsp3) is 0.429. The Labute approximate surface area is 234 Å². The van der Waals surface area contributed by atoms with E-state index in [1.807, 2.05) is 6.92 Å². The molecule has 0 bridgehead atoms. The number of hydrogen-bond donors (Lipinski definition) is 1. The van der Waals surface area contributed by atoms with Crippen molar-refractivity contribution >= 4 is 36.6 Å². The highest BCUT2D eigenvalue weighted by Gasteiger charge is 2.37. The van der Waals surface area contributed by atoms with E-state index in [0.29, 0.717) is 40.2 Å². The standard InChI is InChI=1S/C28H36N4O5SSi/c1-19(18-35-39(5,6)28(2,3)4)36-22-14-21(25(33)31-27-29-10-13-38-27)15-23(16-22)37-24-9-8-20(17-30-24)26(34)32-11-7-12-32/h8-10,13-17,19H,7,11-12,18H2,1-6H3,(H,29,31,33)/t19-/m0/s1. The van der Waals surface area contributed by atoms with Crippen LogP contribution in [0, 0.1) is 0 Å². The molecule has 1 aliphatic heterocycles. The van der Waals surface area contributed by atoms with Crippen molar-refractivity contribution in [2.24, 2.45) is 0 Å². The van der Waals surface area contributed by atoms with Crippen molar-refractivity contribution in [2.75, 3.05) is 25.0 Å². The summed E-state index contributed by atoms with van der Waals surface area (Å²) in [6.45, 7) is 14.9. The maximum atomic E-state index is 13.0. The number of ether oxygens (including phenoxy) is 2. The van der Waals surface area contributed by atoms with Crippen LogP contribution in [0.4, 0.5) is 5.13 Å². The zero-order chi connectivity index (χ0) is 28.2. The van der Waals surface area contributed by atoms with Crippen LogP contribution in [-0.2, 0) is 4.43 Å². The van der Waals surface area contributed by atoms with Crippen LogP contribution in [0.2, 0.25) is 18.1 Å². The Hall–Kier alpha value is -3.28. The van der Waals surface area contributed by atoms with Gasteiger partial charge in [0.05, 0.1) is 12.2 Å². The smallest absolute Gasteiger partial charge is 0.257 e. The quantitative estimate of drug-likeness (QED) is 0.290. The third-order valence-electron chi connectivity index (χ3n) is 6.97. The van der Waals surface area contributed by atoms with Gasteiger partial charge in [-0.3, -0.25) is 14.9 Å². The maximum absolute atomic E-state index is 13.0. The maximum Gasteiger partial charge on any atom is 0.257 e. The molecule has 1 N–H and O–H groups in total. The van der Waals surface area contributed by atoms with Crippen molar-refractivity contribution in [3.8, 4) is 17.4 Å². The van der Waals surface area contributed by atoms with Gasteiger partial charge in [-0.15, -0.1) is 11.3 Å². The predicted molar refractivity (Wildman–Crippen MR) is 155 cm³/mol. The highest BCUT2D eigenvalue weighted by molar-refractivity contribution is 7.13. The molecule has 1 atom stereocenters. The molecule has 0 unspecified atom stereocenters. The van der Waals surface area contributed by atoms with E-state index in [1.54, 1.807) is 46.8 Å². The summed E-state index contributed by atoms with van der Waals surface area (Å²) in [5.41, 5.74) is 0.859. The summed E-state index contributed by atoms with van der Waals surface area (Å²) in [4.78, 5) is 35.7. The zero-order valence-electron chi connectivity index (χ0n) is 23.3. The second-order valence-electron chi connectivity index (χ2n) is 11.1. The van der Waals surface area contributed by atoms with Crippen molar-refractivity contribution in [3.05, 3.63) is 59.2 Å². The molecular formula is C28H36N4O5SSi. The molecule has 0 radical (unpaired) electrons. The van der Waals surface area contributed by atoms with Gasteiger partial charge in [-0.25, -0.2) is 9.97 Å². The molecule has 3 heterocycles. The average molecular weight is 569 g/mol. The second kappa shape index (κ2) is 11.8. The Morgan fingerprint density at radius 2 is 1.85 bits per heavy atom. The van der Waals surface area contributed by atoms with Gasteiger partial charge < -0.3 is 18.8 Å². The number of nitrogens with zero attached hydrogens (tertiary/aromatic N) is 3. The van der Waals surface area contributed by atoms with Gasteiger partial charge in [0.1, 0.15) is 17.6 Å². The molecule has 39 heavy (non-hydrogen) atoms. The summed E-state index contributed by atoms with van der Waals surface area (Å²) >= 11 is 1.33. The van der Waals surface area contributed by atoms with Crippen LogP contribution in [0.5, 0.6) is 17.4 Å². The Morgan fingerprint density at radius 3 is 2.44 bits per heavy atom. The lowest BCUT2D eigenvalue weighted by atomic mass is 10.1. The van der Waals surface area contributed by atoms with E-state index in [0.717, 1.165) is 19.5 Å². The summed E-state index contributed by atoms with van der Waals surface area (Å²) in [7, 11) is -1.94. The number of carbonyl (C=O) groups excluding carboxylic acids is 2. The summed E-state index contributed by atoms with van der Waals surface area (Å²) in [5, 5.41) is 5.16. The molecular weight excluding hydrogens is 532 g/mol. The van der Waals surface area contributed by atoms with Crippen LogP contribution in [0.15, 0.2) is 48.1 Å². The van der Waals surface area contributed by atoms with Gasteiger partial charge in [0.25, 0.3) is 11.8 Å². The van der Waals surface area contributed by atoms with Crippen LogP contribution in [0.25, 0.3) is 0 Å². The van der Waals surface area contributed by atoms with Crippen LogP contribution in [0.1, 0.15) is 54.8 Å². The van der Waals surface area contributed by atoms with E-state index >= 15 is 0 Å². The van der Waals surface area contributed by atoms with Crippen molar-refractivity contribution in [2.45, 2.75) is 58.4 Å². The number of amides is 2. The van der Waals surface area contributed by atoms with Gasteiger partial charge in [0, 0.05) is 48.6 Å². The summed E-state index contributed by atoms with van der Waals surface area (Å²) in [6, 6.07) is 8.34. The van der Waals surface area contributed by atoms with Crippen molar-refractivity contribution in [1.82, 2.24) is 14.9 Å². The molecule has 1 saturated heterocycles. The van der Waals surface area contributed by atoms with E-state index in [9.17, 15) is 9.59 Å². The molecule has 4 rings (SSSR count). The molecule has 11 heteroatoms. The fourth-order valence-corrected chi connectivity index (χ4v) is 5.09. The van der Waals surface area contributed by atoms with E-state index in [-0.39, 0.29) is 23.0 Å². The van der Waals surface area contributed by atoms with Crippen LogP contribution in [-0.4, -0.2) is 60.8 Å². The van der Waals surface area contributed by atoms with Gasteiger partial charge in [-0.1, -0.05) is 20.8 Å². The summed E-state index contributed by atoms with van der Waals surface area (Å²) < 4.78 is 18.5. The topological polar surface area (TPSA) is 103 Å². The lowest BCUT2D eigenvalue weighted by Crippen LogP contribution is -2.43. The molecule has 1 aromatic carbocycles. The molecule has 2 amide bonds. The first-order valence-corrected chi connectivity index (χ1v) is 16.8. The molecule has 0 spiro atoms. The SMILES string of the molecule is C[C@@H](CO[Si](C)(C)C(C)(C)C)Oc1cc(Oc2ccc(C(=O)N3CCC3)cn2)cc(C(=O)Nc2nccs2)c1. The lowest BCUT2D eigenvalue weighted by molar-refractivity contribution is 0.0651. The van der Waals surface area contributed by atoms with E-state index in [4.69, 9.17) is 13.9 Å². The van der Waals surface area contributed by atoms with Crippen LogP contribution >= 0.6 is 11.3 Å². The number of benzene rings is 1. The Bertz CT molecular complexity index is 1290. The number of nitrogens with one attached hydrogen (secondary N) is 1. The van der Waals surface area contributed by atoms with Crippen LogP contribution in [0.3, 0.4) is 0 Å². The first kappa shape index (κ1) is 28.7. The van der Waals surface area contributed by atoms with Gasteiger partial charge in [-0.2, -0.15) is 0 Å². The summed E-state index contributed by atoms with van der Waals surface area (Å²) in [5.74, 6) is 0.767. The van der Waals surface area contributed by atoms with Gasteiger partial charge in [0.2, 0.25) is 5.88 Å². The number of rotatable bonds is 10. The van der Waals surface area contributed by atoms with Gasteiger partial charge in [0.15, 0.2) is 13.4 Å². The molecule has 9 nitrogen and oxygen atoms in total. The average Bonchev–Trinajstić information content (AvgIpc) is 3.34. The highest BCUT2D eigenvalue weighted by atomic mass is 32.1. The fourth-order valence-electron chi connectivity index (χ4n) is 3.48. The van der Waals surface area contributed by atoms with Crippen molar-refractivity contribution < 1.29 is 23.5 Å². The third-order valence-corrected chi connectivity index (χ3v) is 12.2. The van der Waals surface area contributed by atoms with E-state index in [2.05, 4.69) is 49.1 Å². The minimum Gasteiger partial charge on any atom is -0.488 e. The first-order chi connectivity index (χ1) is 18.4. The minimum atomic E-state index is -1.94. The normalized spacial score (nSPS) is 14.4. The first-order valence-electron chi connectivity index (χ1n) is 13.0. The molecule has 0 saturated carbocycles. The molecule has 2 aromatic heterocycles. The van der Waals surface area contributed by atoms with Crippen molar-refractivity contribution in [1.29, 1.82) is 0 Å². The number of carbonyl (C=O) groups is 2. The molecule has 3 aromatic rings.